The largest absolute Gasteiger partial charge is 0.326 e. The fourth-order valence-electron chi connectivity index (χ4n) is 3.83. The minimum absolute atomic E-state index is 0.0796. The molecular weight excluding hydrogens is 304 g/mol. The molecule has 2 fully saturated rings. The van der Waals surface area contributed by atoms with Crippen LogP contribution in [0.15, 0.2) is 18.2 Å². The lowest BCUT2D eigenvalue weighted by Crippen LogP contribution is -2.34. The zero-order valence-corrected chi connectivity index (χ0v) is 14.3. The van der Waals surface area contributed by atoms with Crippen LogP contribution >= 0.6 is 0 Å². The molecule has 0 bridgehead atoms. The highest BCUT2D eigenvalue weighted by molar-refractivity contribution is 6.05. The second-order valence-corrected chi connectivity index (χ2v) is 6.94. The van der Waals surface area contributed by atoms with Crippen molar-refractivity contribution >= 4 is 23.4 Å². The molecule has 24 heavy (non-hydrogen) atoms. The molecule has 1 aromatic carbocycles. The lowest BCUT2D eigenvalue weighted by atomic mass is 9.81. The van der Waals surface area contributed by atoms with Crippen molar-refractivity contribution in [2.45, 2.75) is 46.0 Å². The summed E-state index contributed by atoms with van der Waals surface area (Å²) in [5, 5.41) is 2.87. The number of anilines is 1. The number of nitrogens with zero attached hydrogens (tertiary/aromatic N) is 1. The number of fused-ring (bicyclic) bond motifs is 1. The van der Waals surface area contributed by atoms with Gasteiger partial charge in [0, 0.05) is 18.7 Å². The molecule has 5 nitrogen and oxygen atoms in total. The minimum Gasteiger partial charge on any atom is -0.326 e. The number of aryl methyl sites for hydroxylation is 2. The third kappa shape index (κ3) is 3.21. The number of rotatable bonds is 4. The Morgan fingerprint density at radius 3 is 2.33 bits per heavy atom. The van der Waals surface area contributed by atoms with Crippen LogP contribution in [-0.2, 0) is 14.4 Å². The quantitative estimate of drug-likeness (QED) is 0.864. The molecule has 0 spiro atoms. The van der Waals surface area contributed by atoms with Gasteiger partial charge in [0.25, 0.3) is 0 Å². The maximum atomic E-state index is 12.4. The average molecular weight is 328 g/mol. The fraction of sp³-hybridized carbons (Fsp3) is 0.526. The average Bonchev–Trinajstić information content (AvgIpc) is 2.80. The maximum Gasteiger partial charge on any atom is 0.233 e. The number of nitrogens with one attached hydrogen (secondary N) is 1. The summed E-state index contributed by atoms with van der Waals surface area (Å²) >= 11 is 0. The van der Waals surface area contributed by atoms with Gasteiger partial charge in [0.05, 0.1) is 11.8 Å². The van der Waals surface area contributed by atoms with E-state index in [1.165, 1.54) is 4.90 Å². The first kappa shape index (κ1) is 16.7. The van der Waals surface area contributed by atoms with Crippen LogP contribution in [0.3, 0.4) is 0 Å². The Bertz CT molecular complexity index is 659. The molecular formula is C19H24N2O3. The third-order valence-corrected chi connectivity index (χ3v) is 5.15. The second kappa shape index (κ2) is 6.75. The number of amides is 3. The molecule has 0 unspecified atom stereocenters. The first-order valence-electron chi connectivity index (χ1n) is 8.69. The molecule has 128 valence electrons. The number of imide groups is 1. The topological polar surface area (TPSA) is 66.5 Å². The van der Waals surface area contributed by atoms with Crippen LogP contribution in [0.1, 0.15) is 43.2 Å². The summed E-state index contributed by atoms with van der Waals surface area (Å²) in [4.78, 5) is 38.3. The van der Waals surface area contributed by atoms with Crippen LogP contribution in [0.5, 0.6) is 0 Å². The zero-order valence-electron chi connectivity index (χ0n) is 14.3. The van der Waals surface area contributed by atoms with Gasteiger partial charge in [0.2, 0.25) is 17.7 Å². The predicted molar refractivity (Wildman–Crippen MR) is 91.3 cm³/mol. The standard InChI is InChI=1S/C19H24N2O3/c1-12-7-8-16(13(2)11-12)20-17(22)9-10-21-18(23)14-5-3-4-6-15(14)19(21)24/h7-8,11,14-15H,3-6,9-10H2,1-2H3,(H,20,22)/t14-,15-/m1/s1. The van der Waals surface area contributed by atoms with E-state index in [2.05, 4.69) is 5.32 Å². The molecule has 2 atom stereocenters. The minimum atomic E-state index is -0.169. The molecule has 2 aliphatic rings. The summed E-state index contributed by atoms with van der Waals surface area (Å²) in [5.74, 6) is -0.618. The number of carbonyl (C=O) groups excluding carboxylic acids is 3. The van der Waals surface area contributed by atoms with Gasteiger partial charge in [-0.05, 0) is 38.3 Å². The van der Waals surface area contributed by atoms with E-state index in [0.717, 1.165) is 42.5 Å². The fourth-order valence-corrected chi connectivity index (χ4v) is 3.83. The van der Waals surface area contributed by atoms with E-state index in [1.54, 1.807) is 0 Å². The summed E-state index contributed by atoms with van der Waals surface area (Å²) in [6, 6.07) is 5.83. The monoisotopic (exact) mass is 328 g/mol. The molecule has 1 aliphatic heterocycles. The van der Waals surface area contributed by atoms with E-state index < -0.39 is 0 Å². The van der Waals surface area contributed by atoms with Crippen molar-refractivity contribution in [1.29, 1.82) is 0 Å². The Morgan fingerprint density at radius 2 is 1.75 bits per heavy atom. The van der Waals surface area contributed by atoms with Gasteiger partial charge in [-0.15, -0.1) is 0 Å². The number of benzene rings is 1. The van der Waals surface area contributed by atoms with Gasteiger partial charge in [-0.2, -0.15) is 0 Å². The van der Waals surface area contributed by atoms with Crippen molar-refractivity contribution in [2.75, 3.05) is 11.9 Å². The van der Waals surface area contributed by atoms with Gasteiger partial charge in [0.15, 0.2) is 0 Å². The first-order valence-corrected chi connectivity index (χ1v) is 8.69. The van der Waals surface area contributed by atoms with Gasteiger partial charge in [-0.3, -0.25) is 19.3 Å². The second-order valence-electron chi connectivity index (χ2n) is 6.94. The van der Waals surface area contributed by atoms with E-state index in [9.17, 15) is 14.4 Å². The Balaban J connectivity index is 1.58. The van der Waals surface area contributed by atoms with Crippen molar-refractivity contribution in [3.05, 3.63) is 29.3 Å². The Labute approximate surface area is 142 Å². The molecule has 1 N–H and O–H groups in total. The van der Waals surface area contributed by atoms with Gasteiger partial charge < -0.3 is 5.32 Å². The molecule has 1 heterocycles. The van der Waals surface area contributed by atoms with E-state index >= 15 is 0 Å². The van der Waals surface area contributed by atoms with Gasteiger partial charge in [0.1, 0.15) is 0 Å². The molecule has 0 radical (unpaired) electrons. The highest BCUT2D eigenvalue weighted by Crippen LogP contribution is 2.37. The van der Waals surface area contributed by atoms with Crippen molar-refractivity contribution in [3.63, 3.8) is 0 Å². The number of likely N-dealkylation sites (tertiary alicyclic amines) is 1. The van der Waals surface area contributed by atoms with Crippen molar-refractivity contribution < 1.29 is 14.4 Å². The SMILES string of the molecule is Cc1ccc(NC(=O)CCN2C(=O)[C@@H]3CCCC[C@H]3C2=O)c(C)c1. The highest BCUT2D eigenvalue weighted by atomic mass is 16.2. The van der Waals surface area contributed by atoms with Crippen LogP contribution in [0, 0.1) is 25.7 Å². The molecule has 1 aromatic rings. The van der Waals surface area contributed by atoms with E-state index in [1.807, 2.05) is 32.0 Å². The summed E-state index contributed by atoms with van der Waals surface area (Å²) in [5.41, 5.74) is 2.92. The number of hydrogen-bond acceptors (Lipinski definition) is 3. The summed E-state index contributed by atoms with van der Waals surface area (Å²) in [6.07, 6.45) is 3.79. The van der Waals surface area contributed by atoms with Crippen molar-refractivity contribution in [2.24, 2.45) is 11.8 Å². The molecule has 0 aromatic heterocycles. The highest BCUT2D eigenvalue weighted by Gasteiger charge is 2.47. The molecule has 5 heteroatoms. The number of hydrogen-bond donors (Lipinski definition) is 1. The predicted octanol–water partition coefficient (Wildman–Crippen LogP) is 2.81. The zero-order chi connectivity index (χ0) is 17.3. The molecule has 1 saturated heterocycles. The van der Waals surface area contributed by atoms with Crippen LogP contribution in [0.25, 0.3) is 0 Å². The van der Waals surface area contributed by atoms with Crippen LogP contribution in [0.2, 0.25) is 0 Å². The Hall–Kier alpha value is -2.17. The maximum absolute atomic E-state index is 12.4. The van der Waals surface area contributed by atoms with E-state index in [-0.39, 0.29) is 42.5 Å². The number of carbonyl (C=O) groups is 3. The third-order valence-electron chi connectivity index (χ3n) is 5.15. The molecule has 1 saturated carbocycles. The van der Waals surface area contributed by atoms with E-state index in [4.69, 9.17) is 0 Å². The van der Waals surface area contributed by atoms with Gasteiger partial charge >= 0.3 is 0 Å². The van der Waals surface area contributed by atoms with E-state index in [0.29, 0.717) is 0 Å². The van der Waals surface area contributed by atoms with Gasteiger partial charge in [-0.1, -0.05) is 30.5 Å². The normalized spacial score (nSPS) is 23.3. The van der Waals surface area contributed by atoms with Crippen molar-refractivity contribution in [3.8, 4) is 0 Å². The summed E-state index contributed by atoms with van der Waals surface area (Å²) in [7, 11) is 0. The van der Waals surface area contributed by atoms with Crippen LogP contribution < -0.4 is 5.32 Å². The first-order chi connectivity index (χ1) is 11.5. The molecule has 3 rings (SSSR count). The Morgan fingerprint density at radius 1 is 1.12 bits per heavy atom. The molecule has 1 aliphatic carbocycles. The molecule has 3 amide bonds. The lowest BCUT2D eigenvalue weighted by molar-refractivity contribution is -0.140. The van der Waals surface area contributed by atoms with Gasteiger partial charge in [-0.25, -0.2) is 0 Å². The summed E-state index contributed by atoms with van der Waals surface area (Å²) in [6.45, 7) is 4.13. The smallest absolute Gasteiger partial charge is 0.233 e. The lowest BCUT2D eigenvalue weighted by Gasteiger charge is -2.19. The van der Waals surface area contributed by atoms with Crippen molar-refractivity contribution in [1.82, 2.24) is 4.90 Å². The summed E-state index contributed by atoms with van der Waals surface area (Å²) < 4.78 is 0. The Kier molecular flexibility index (Phi) is 4.69. The van der Waals surface area contributed by atoms with Crippen LogP contribution in [-0.4, -0.2) is 29.2 Å². The van der Waals surface area contributed by atoms with Crippen LogP contribution in [0.4, 0.5) is 5.69 Å².